The summed E-state index contributed by atoms with van der Waals surface area (Å²) < 4.78 is 24.6. The molecule has 1 unspecified atom stereocenters. The van der Waals surface area contributed by atoms with Crippen LogP contribution in [0.5, 0.6) is 5.75 Å². The molecule has 1 saturated heterocycles. The van der Waals surface area contributed by atoms with Crippen molar-refractivity contribution in [1.82, 2.24) is 15.3 Å². The minimum atomic E-state index is -0.509. The van der Waals surface area contributed by atoms with E-state index in [0.717, 1.165) is 23.5 Å². The van der Waals surface area contributed by atoms with Gasteiger partial charge in [0, 0.05) is 18.2 Å². The van der Waals surface area contributed by atoms with Gasteiger partial charge in [0.2, 0.25) is 0 Å². The van der Waals surface area contributed by atoms with Crippen LogP contribution >= 0.6 is 11.6 Å². The van der Waals surface area contributed by atoms with Crippen LogP contribution in [0.4, 0.5) is 4.39 Å². The Morgan fingerprint density at radius 3 is 3.00 bits per heavy atom. The molecule has 1 amide bonds. The van der Waals surface area contributed by atoms with Crippen molar-refractivity contribution >= 4 is 28.5 Å². The summed E-state index contributed by atoms with van der Waals surface area (Å²) in [6, 6.07) is 9.17. The van der Waals surface area contributed by atoms with E-state index in [9.17, 15) is 9.18 Å². The van der Waals surface area contributed by atoms with Gasteiger partial charge in [-0.1, -0.05) is 11.6 Å². The van der Waals surface area contributed by atoms with E-state index in [4.69, 9.17) is 21.1 Å². The van der Waals surface area contributed by atoms with E-state index in [-0.39, 0.29) is 24.0 Å². The van der Waals surface area contributed by atoms with Crippen molar-refractivity contribution in [3.8, 4) is 5.75 Å². The molecule has 1 aliphatic heterocycles. The van der Waals surface area contributed by atoms with Gasteiger partial charge in [0.15, 0.2) is 0 Å². The SMILES string of the molecule is O=C(NCC1CCO1)c1cc(F)ccc1OCc1nc2ccc(Cl)cc2[nH]1. The summed E-state index contributed by atoms with van der Waals surface area (Å²) in [7, 11) is 0. The average Bonchev–Trinajstić information content (AvgIpc) is 3.01. The van der Waals surface area contributed by atoms with Gasteiger partial charge in [-0.15, -0.1) is 0 Å². The number of imidazole rings is 1. The molecule has 0 bridgehead atoms. The Morgan fingerprint density at radius 1 is 1.37 bits per heavy atom. The molecule has 1 fully saturated rings. The number of carbonyl (C=O) groups is 1. The lowest BCUT2D eigenvalue weighted by Crippen LogP contribution is -2.39. The molecule has 140 valence electrons. The number of aromatic nitrogens is 2. The first-order valence-corrected chi connectivity index (χ1v) is 8.92. The first-order valence-electron chi connectivity index (χ1n) is 8.55. The van der Waals surface area contributed by atoms with Crippen LogP contribution in [0.1, 0.15) is 22.6 Å². The highest BCUT2D eigenvalue weighted by molar-refractivity contribution is 6.31. The smallest absolute Gasteiger partial charge is 0.255 e. The van der Waals surface area contributed by atoms with E-state index < -0.39 is 11.7 Å². The van der Waals surface area contributed by atoms with Gasteiger partial charge in [-0.2, -0.15) is 0 Å². The molecule has 4 rings (SSSR count). The van der Waals surface area contributed by atoms with Crippen LogP contribution < -0.4 is 10.1 Å². The van der Waals surface area contributed by atoms with Crippen LogP contribution in [0.3, 0.4) is 0 Å². The molecule has 2 aromatic carbocycles. The van der Waals surface area contributed by atoms with Gasteiger partial charge in [-0.05, 0) is 42.8 Å². The Kier molecular flexibility index (Phi) is 4.96. The fraction of sp³-hybridized carbons (Fsp3) is 0.263. The van der Waals surface area contributed by atoms with E-state index >= 15 is 0 Å². The number of hydrogen-bond acceptors (Lipinski definition) is 4. The molecule has 0 spiro atoms. The number of aromatic amines is 1. The zero-order chi connectivity index (χ0) is 18.8. The van der Waals surface area contributed by atoms with Crippen LogP contribution in [0.2, 0.25) is 5.02 Å². The molecule has 27 heavy (non-hydrogen) atoms. The van der Waals surface area contributed by atoms with Crippen LogP contribution in [0, 0.1) is 5.82 Å². The third-order valence-corrected chi connectivity index (χ3v) is 4.56. The van der Waals surface area contributed by atoms with Gasteiger partial charge < -0.3 is 19.8 Å². The minimum Gasteiger partial charge on any atom is -0.485 e. The summed E-state index contributed by atoms with van der Waals surface area (Å²) in [5.41, 5.74) is 1.68. The summed E-state index contributed by atoms with van der Waals surface area (Å²) >= 11 is 5.97. The molecule has 1 atom stereocenters. The minimum absolute atomic E-state index is 0.0225. The van der Waals surface area contributed by atoms with Crippen molar-refractivity contribution in [1.29, 1.82) is 0 Å². The fourth-order valence-electron chi connectivity index (χ4n) is 2.80. The average molecular weight is 390 g/mol. The summed E-state index contributed by atoms with van der Waals surface area (Å²) in [6.07, 6.45) is 0.928. The van der Waals surface area contributed by atoms with Crippen molar-refractivity contribution in [2.45, 2.75) is 19.1 Å². The molecular weight excluding hydrogens is 373 g/mol. The second-order valence-electron chi connectivity index (χ2n) is 6.27. The Morgan fingerprint density at radius 2 is 2.22 bits per heavy atom. The highest BCUT2D eigenvalue weighted by atomic mass is 35.5. The third-order valence-electron chi connectivity index (χ3n) is 4.33. The molecule has 2 N–H and O–H groups in total. The maximum absolute atomic E-state index is 13.6. The number of carbonyl (C=O) groups excluding carboxylic acids is 1. The van der Waals surface area contributed by atoms with Crippen molar-refractivity contribution in [3.05, 3.63) is 58.6 Å². The van der Waals surface area contributed by atoms with E-state index in [0.29, 0.717) is 24.0 Å². The van der Waals surface area contributed by atoms with Crippen molar-refractivity contribution < 1.29 is 18.7 Å². The lowest BCUT2D eigenvalue weighted by molar-refractivity contribution is -0.0473. The van der Waals surface area contributed by atoms with Crippen LogP contribution in [-0.4, -0.2) is 35.1 Å². The van der Waals surface area contributed by atoms with Crippen LogP contribution in [-0.2, 0) is 11.3 Å². The monoisotopic (exact) mass is 389 g/mol. The molecule has 8 heteroatoms. The number of hydrogen-bond donors (Lipinski definition) is 2. The van der Waals surface area contributed by atoms with Crippen LogP contribution in [0.25, 0.3) is 11.0 Å². The second-order valence-corrected chi connectivity index (χ2v) is 6.70. The molecule has 2 heterocycles. The van der Waals surface area contributed by atoms with E-state index in [1.165, 1.54) is 12.1 Å². The standard InChI is InChI=1S/C19H17ClFN3O3/c20-11-1-3-15-16(7-11)24-18(23-15)10-27-17-4-2-12(21)8-14(17)19(25)22-9-13-5-6-26-13/h1-4,7-8,13H,5-6,9-10H2,(H,22,25)(H,23,24). The van der Waals surface area contributed by atoms with Crippen molar-refractivity contribution in [2.75, 3.05) is 13.2 Å². The predicted octanol–water partition coefficient (Wildman–Crippen LogP) is 3.45. The maximum Gasteiger partial charge on any atom is 0.255 e. The van der Waals surface area contributed by atoms with Crippen molar-refractivity contribution in [2.24, 2.45) is 0 Å². The zero-order valence-electron chi connectivity index (χ0n) is 14.3. The highest BCUT2D eigenvalue weighted by Gasteiger charge is 2.21. The topological polar surface area (TPSA) is 76.2 Å². The quantitative estimate of drug-likeness (QED) is 0.677. The molecule has 6 nitrogen and oxygen atoms in total. The summed E-state index contributed by atoms with van der Waals surface area (Å²) in [4.78, 5) is 19.9. The molecule has 3 aromatic rings. The summed E-state index contributed by atoms with van der Waals surface area (Å²) in [5.74, 6) is -0.0603. The number of H-pyrrole nitrogens is 1. The Balaban J connectivity index is 1.47. The number of rotatable bonds is 6. The molecule has 0 aliphatic carbocycles. The molecule has 0 radical (unpaired) electrons. The summed E-state index contributed by atoms with van der Waals surface area (Å²) in [6.45, 7) is 1.20. The molecule has 1 aliphatic rings. The first-order chi connectivity index (χ1) is 13.1. The van der Waals surface area contributed by atoms with Gasteiger partial charge in [0.25, 0.3) is 5.91 Å². The zero-order valence-corrected chi connectivity index (χ0v) is 15.1. The van der Waals surface area contributed by atoms with E-state index in [2.05, 4.69) is 15.3 Å². The van der Waals surface area contributed by atoms with Gasteiger partial charge in [0.1, 0.15) is 24.0 Å². The number of fused-ring (bicyclic) bond motifs is 1. The fourth-order valence-corrected chi connectivity index (χ4v) is 2.97. The van der Waals surface area contributed by atoms with Gasteiger partial charge >= 0.3 is 0 Å². The normalized spacial score (nSPS) is 16.1. The number of nitrogens with zero attached hydrogens (tertiary/aromatic N) is 1. The molecule has 0 saturated carbocycles. The number of halogens is 2. The third kappa shape index (κ3) is 4.04. The lowest BCUT2D eigenvalue weighted by Gasteiger charge is -2.26. The number of benzene rings is 2. The number of nitrogens with one attached hydrogen (secondary N) is 2. The lowest BCUT2D eigenvalue weighted by atomic mass is 10.1. The van der Waals surface area contributed by atoms with E-state index in [1.54, 1.807) is 18.2 Å². The molecular formula is C19H17ClFN3O3. The summed E-state index contributed by atoms with van der Waals surface area (Å²) in [5, 5.41) is 3.35. The first kappa shape index (κ1) is 17.8. The predicted molar refractivity (Wildman–Crippen MR) is 98.5 cm³/mol. The van der Waals surface area contributed by atoms with Crippen LogP contribution in [0.15, 0.2) is 36.4 Å². The Bertz CT molecular complexity index is 987. The largest absolute Gasteiger partial charge is 0.485 e. The van der Waals surface area contributed by atoms with Gasteiger partial charge in [-0.25, -0.2) is 9.37 Å². The Hall–Kier alpha value is -2.64. The van der Waals surface area contributed by atoms with Gasteiger partial charge in [0.05, 0.1) is 22.7 Å². The number of amides is 1. The molecule has 1 aromatic heterocycles. The van der Waals surface area contributed by atoms with Crippen molar-refractivity contribution in [3.63, 3.8) is 0 Å². The number of ether oxygens (including phenoxy) is 2. The highest BCUT2D eigenvalue weighted by Crippen LogP contribution is 2.22. The van der Waals surface area contributed by atoms with E-state index in [1.807, 2.05) is 0 Å². The maximum atomic E-state index is 13.6. The van der Waals surface area contributed by atoms with Gasteiger partial charge in [-0.3, -0.25) is 4.79 Å². The Labute approximate surface area is 159 Å². The second kappa shape index (κ2) is 7.54.